The maximum Gasteiger partial charge on any atom is 0.340 e. The van der Waals surface area contributed by atoms with Crippen LogP contribution in [0.1, 0.15) is 37.0 Å². The first-order chi connectivity index (χ1) is 8.54. The van der Waals surface area contributed by atoms with Gasteiger partial charge in [0.05, 0.1) is 12.7 Å². The number of benzene rings is 1. The highest BCUT2D eigenvalue weighted by Gasteiger charge is 2.11. The van der Waals surface area contributed by atoms with Gasteiger partial charge < -0.3 is 15.8 Å². The Hall–Kier alpha value is -1.71. The van der Waals surface area contributed by atoms with E-state index >= 15 is 0 Å². The number of carbonyl (C=O) groups is 1. The summed E-state index contributed by atoms with van der Waals surface area (Å²) in [6.07, 6.45) is 2.23. The summed E-state index contributed by atoms with van der Waals surface area (Å²) in [4.78, 5) is 11.6. The molecule has 3 N–H and O–H groups in total. The van der Waals surface area contributed by atoms with Gasteiger partial charge in [-0.2, -0.15) is 0 Å². The standard InChI is InChI=1S/C14H22N2O2/c1-10(2)5-4-8-16-13-7-6-11(15)9-12(13)14(17)18-3/h6-7,9-10,16H,4-5,8,15H2,1-3H3. The molecule has 4 heteroatoms. The van der Waals surface area contributed by atoms with Crippen LogP contribution in [0.2, 0.25) is 0 Å². The normalized spacial score (nSPS) is 10.4. The zero-order chi connectivity index (χ0) is 13.5. The second-order valence-electron chi connectivity index (χ2n) is 4.76. The summed E-state index contributed by atoms with van der Waals surface area (Å²) >= 11 is 0. The topological polar surface area (TPSA) is 64.3 Å². The minimum atomic E-state index is -0.367. The summed E-state index contributed by atoms with van der Waals surface area (Å²) in [6.45, 7) is 5.23. The fraction of sp³-hybridized carbons (Fsp3) is 0.500. The van der Waals surface area contributed by atoms with Crippen molar-refractivity contribution in [3.63, 3.8) is 0 Å². The van der Waals surface area contributed by atoms with Crippen molar-refractivity contribution >= 4 is 17.3 Å². The Morgan fingerprint density at radius 3 is 2.78 bits per heavy atom. The highest BCUT2D eigenvalue weighted by molar-refractivity contribution is 5.96. The molecule has 1 rings (SSSR count). The minimum Gasteiger partial charge on any atom is -0.465 e. The number of nitrogen functional groups attached to an aromatic ring is 1. The number of carbonyl (C=O) groups excluding carboxylic acids is 1. The van der Waals surface area contributed by atoms with Gasteiger partial charge in [-0.3, -0.25) is 0 Å². The zero-order valence-electron chi connectivity index (χ0n) is 11.3. The molecule has 0 aromatic heterocycles. The Labute approximate surface area is 109 Å². The Kier molecular flexibility index (Phi) is 5.49. The highest BCUT2D eigenvalue weighted by atomic mass is 16.5. The average Bonchev–Trinajstić information content (AvgIpc) is 2.34. The van der Waals surface area contributed by atoms with Gasteiger partial charge in [0.25, 0.3) is 0 Å². The van der Waals surface area contributed by atoms with Crippen molar-refractivity contribution in [3.05, 3.63) is 23.8 Å². The first kappa shape index (κ1) is 14.4. The third-order valence-electron chi connectivity index (χ3n) is 2.72. The van der Waals surface area contributed by atoms with Crippen molar-refractivity contribution < 1.29 is 9.53 Å². The van der Waals surface area contributed by atoms with E-state index in [1.807, 2.05) is 6.07 Å². The van der Waals surface area contributed by atoms with Crippen molar-refractivity contribution in [2.75, 3.05) is 24.7 Å². The van der Waals surface area contributed by atoms with Crippen LogP contribution >= 0.6 is 0 Å². The predicted octanol–water partition coefficient (Wildman–Crippen LogP) is 2.90. The summed E-state index contributed by atoms with van der Waals surface area (Å²) in [5, 5.41) is 3.25. The fourth-order valence-electron chi connectivity index (χ4n) is 1.73. The van der Waals surface area contributed by atoms with E-state index in [2.05, 4.69) is 19.2 Å². The lowest BCUT2D eigenvalue weighted by Gasteiger charge is -2.12. The second kappa shape index (κ2) is 6.89. The van der Waals surface area contributed by atoms with Crippen LogP contribution in [0.4, 0.5) is 11.4 Å². The number of nitrogens with two attached hydrogens (primary N) is 1. The van der Waals surface area contributed by atoms with E-state index in [-0.39, 0.29) is 5.97 Å². The molecule has 0 aliphatic rings. The van der Waals surface area contributed by atoms with Gasteiger partial charge in [-0.25, -0.2) is 4.79 Å². The number of esters is 1. The molecule has 100 valence electrons. The van der Waals surface area contributed by atoms with Crippen LogP contribution < -0.4 is 11.1 Å². The van der Waals surface area contributed by atoms with Crippen LogP contribution in [0.3, 0.4) is 0 Å². The van der Waals surface area contributed by atoms with Gasteiger partial charge in [-0.05, 0) is 37.0 Å². The molecular weight excluding hydrogens is 228 g/mol. The van der Waals surface area contributed by atoms with E-state index in [0.717, 1.165) is 25.1 Å². The Balaban J connectivity index is 2.66. The summed E-state index contributed by atoms with van der Waals surface area (Å²) in [7, 11) is 1.37. The van der Waals surface area contributed by atoms with Gasteiger partial charge in [0.15, 0.2) is 0 Å². The number of anilines is 2. The third-order valence-corrected chi connectivity index (χ3v) is 2.72. The number of ether oxygens (including phenoxy) is 1. The lowest BCUT2D eigenvalue weighted by atomic mass is 10.1. The number of rotatable bonds is 6. The molecule has 18 heavy (non-hydrogen) atoms. The van der Waals surface area contributed by atoms with Gasteiger partial charge in [0.2, 0.25) is 0 Å². The summed E-state index contributed by atoms with van der Waals surface area (Å²) < 4.78 is 4.74. The molecule has 1 aromatic rings. The molecule has 0 fully saturated rings. The van der Waals surface area contributed by atoms with E-state index < -0.39 is 0 Å². The van der Waals surface area contributed by atoms with Gasteiger partial charge in [0, 0.05) is 17.9 Å². The number of hydrogen-bond acceptors (Lipinski definition) is 4. The van der Waals surface area contributed by atoms with Gasteiger partial charge in [-0.1, -0.05) is 13.8 Å². The fourth-order valence-corrected chi connectivity index (χ4v) is 1.73. The zero-order valence-corrected chi connectivity index (χ0v) is 11.3. The SMILES string of the molecule is COC(=O)c1cc(N)ccc1NCCCC(C)C. The summed E-state index contributed by atoms with van der Waals surface area (Å²) in [6, 6.07) is 5.23. The molecule has 0 bridgehead atoms. The molecule has 0 spiro atoms. The molecule has 0 saturated carbocycles. The van der Waals surface area contributed by atoms with Gasteiger partial charge in [0.1, 0.15) is 0 Å². The first-order valence-electron chi connectivity index (χ1n) is 6.26. The van der Waals surface area contributed by atoms with Crippen molar-refractivity contribution in [1.82, 2.24) is 0 Å². The molecule has 0 aliphatic carbocycles. The first-order valence-corrected chi connectivity index (χ1v) is 6.26. The number of nitrogens with one attached hydrogen (secondary N) is 1. The lowest BCUT2D eigenvalue weighted by Crippen LogP contribution is -2.10. The van der Waals surface area contributed by atoms with E-state index in [4.69, 9.17) is 10.5 Å². The summed E-state index contributed by atoms with van der Waals surface area (Å²) in [5.74, 6) is 0.326. The monoisotopic (exact) mass is 250 g/mol. The third kappa shape index (κ3) is 4.28. The number of methoxy groups -OCH3 is 1. The van der Waals surface area contributed by atoms with Crippen molar-refractivity contribution in [2.24, 2.45) is 5.92 Å². The summed E-state index contributed by atoms with van der Waals surface area (Å²) in [5.41, 5.74) is 7.50. The van der Waals surface area contributed by atoms with E-state index in [0.29, 0.717) is 17.2 Å². The van der Waals surface area contributed by atoms with Crippen LogP contribution in [-0.4, -0.2) is 19.6 Å². The number of hydrogen-bond donors (Lipinski definition) is 2. The van der Waals surface area contributed by atoms with Crippen molar-refractivity contribution in [3.8, 4) is 0 Å². The van der Waals surface area contributed by atoms with Crippen molar-refractivity contribution in [1.29, 1.82) is 0 Å². The molecule has 1 aromatic carbocycles. The molecular formula is C14H22N2O2. The second-order valence-corrected chi connectivity index (χ2v) is 4.76. The smallest absolute Gasteiger partial charge is 0.340 e. The maximum atomic E-state index is 11.6. The van der Waals surface area contributed by atoms with Crippen LogP contribution in [0.25, 0.3) is 0 Å². The molecule has 0 heterocycles. The van der Waals surface area contributed by atoms with E-state index in [1.54, 1.807) is 12.1 Å². The van der Waals surface area contributed by atoms with Crippen LogP contribution in [0, 0.1) is 5.92 Å². The van der Waals surface area contributed by atoms with Crippen molar-refractivity contribution in [2.45, 2.75) is 26.7 Å². The Morgan fingerprint density at radius 1 is 1.44 bits per heavy atom. The largest absolute Gasteiger partial charge is 0.465 e. The van der Waals surface area contributed by atoms with E-state index in [9.17, 15) is 4.79 Å². The average molecular weight is 250 g/mol. The quantitative estimate of drug-likeness (QED) is 0.463. The molecule has 0 radical (unpaired) electrons. The van der Waals surface area contributed by atoms with Gasteiger partial charge in [-0.15, -0.1) is 0 Å². The van der Waals surface area contributed by atoms with Gasteiger partial charge >= 0.3 is 5.97 Å². The highest BCUT2D eigenvalue weighted by Crippen LogP contribution is 2.20. The molecule has 0 unspecified atom stereocenters. The Bertz CT molecular complexity index is 403. The lowest BCUT2D eigenvalue weighted by molar-refractivity contribution is 0.0602. The molecule has 0 amide bonds. The van der Waals surface area contributed by atoms with Crippen LogP contribution in [0.15, 0.2) is 18.2 Å². The molecule has 4 nitrogen and oxygen atoms in total. The minimum absolute atomic E-state index is 0.367. The van der Waals surface area contributed by atoms with Crippen LogP contribution in [-0.2, 0) is 4.74 Å². The van der Waals surface area contributed by atoms with Crippen LogP contribution in [0.5, 0.6) is 0 Å². The Morgan fingerprint density at radius 2 is 2.17 bits per heavy atom. The maximum absolute atomic E-state index is 11.6. The molecule has 0 aliphatic heterocycles. The van der Waals surface area contributed by atoms with E-state index in [1.165, 1.54) is 7.11 Å². The molecule has 0 atom stereocenters. The molecule has 0 saturated heterocycles. The predicted molar refractivity (Wildman–Crippen MR) is 74.8 cm³/mol.